The van der Waals surface area contributed by atoms with E-state index in [2.05, 4.69) is 15.5 Å². The Kier molecular flexibility index (Phi) is 6.12. The number of ether oxygens (including phenoxy) is 1. The molecule has 3 rings (SSSR count). The predicted octanol–water partition coefficient (Wildman–Crippen LogP) is 4.41. The summed E-state index contributed by atoms with van der Waals surface area (Å²) >= 11 is 1.14. The number of halogens is 3. The van der Waals surface area contributed by atoms with E-state index in [1.807, 2.05) is 12.1 Å². The molecule has 0 bridgehead atoms. The fourth-order valence-electron chi connectivity index (χ4n) is 2.47. The predicted molar refractivity (Wildman–Crippen MR) is 103 cm³/mol. The number of benzene rings is 2. The third-order valence-electron chi connectivity index (χ3n) is 3.96. The molecule has 0 spiro atoms. The van der Waals surface area contributed by atoms with Crippen LogP contribution in [0.5, 0.6) is 5.75 Å². The highest BCUT2D eigenvalue weighted by molar-refractivity contribution is 8.00. The van der Waals surface area contributed by atoms with E-state index in [1.165, 1.54) is 18.5 Å². The van der Waals surface area contributed by atoms with Crippen molar-refractivity contribution in [1.82, 2.24) is 14.8 Å². The molecule has 3 aromatic rings. The van der Waals surface area contributed by atoms with Crippen molar-refractivity contribution in [3.8, 4) is 11.4 Å². The number of anilines is 1. The van der Waals surface area contributed by atoms with Gasteiger partial charge in [-0.05, 0) is 37.3 Å². The molecule has 0 saturated heterocycles. The number of hydrogen-bond acceptors (Lipinski definition) is 5. The number of thioether (sulfide) groups is 1. The number of nitrogens with one attached hydrogen (secondary N) is 1. The van der Waals surface area contributed by atoms with Gasteiger partial charge in [0.2, 0.25) is 5.91 Å². The Balaban J connectivity index is 1.72. The highest BCUT2D eigenvalue weighted by atomic mass is 32.2. The van der Waals surface area contributed by atoms with E-state index in [-0.39, 0.29) is 5.69 Å². The molecule has 2 aromatic carbocycles. The Morgan fingerprint density at radius 3 is 2.69 bits per heavy atom. The lowest BCUT2D eigenvalue weighted by atomic mass is 10.2. The van der Waals surface area contributed by atoms with Crippen LogP contribution in [0.4, 0.5) is 18.9 Å². The van der Waals surface area contributed by atoms with Crippen molar-refractivity contribution in [3.05, 3.63) is 60.4 Å². The molecule has 0 fully saturated rings. The Morgan fingerprint density at radius 2 is 1.97 bits per heavy atom. The van der Waals surface area contributed by atoms with Gasteiger partial charge in [0.1, 0.15) is 12.1 Å². The van der Waals surface area contributed by atoms with E-state index in [0.717, 1.165) is 29.6 Å². The highest BCUT2D eigenvalue weighted by Crippen LogP contribution is 2.31. The molecule has 0 aliphatic heterocycles. The molecule has 29 heavy (non-hydrogen) atoms. The second-order valence-corrected chi connectivity index (χ2v) is 7.32. The van der Waals surface area contributed by atoms with Gasteiger partial charge in [0.05, 0.1) is 23.6 Å². The quantitative estimate of drug-likeness (QED) is 0.596. The normalized spacial score (nSPS) is 12.4. The van der Waals surface area contributed by atoms with Crippen LogP contribution in [0.3, 0.4) is 0 Å². The Morgan fingerprint density at radius 1 is 1.21 bits per heavy atom. The summed E-state index contributed by atoms with van der Waals surface area (Å²) in [5, 5.41) is 10.3. The number of hydrogen-bond donors (Lipinski definition) is 1. The van der Waals surface area contributed by atoms with Gasteiger partial charge in [-0.3, -0.25) is 9.36 Å². The molecular weight excluding hydrogens is 405 g/mol. The molecular formula is C19H17F3N4O2S. The summed E-state index contributed by atoms with van der Waals surface area (Å²) < 4.78 is 45.4. The lowest BCUT2D eigenvalue weighted by Crippen LogP contribution is -2.23. The average Bonchev–Trinajstić information content (AvgIpc) is 3.15. The highest BCUT2D eigenvalue weighted by Gasteiger charge is 2.30. The van der Waals surface area contributed by atoms with Gasteiger partial charge in [0.15, 0.2) is 5.16 Å². The number of alkyl halides is 3. The first-order chi connectivity index (χ1) is 13.8. The number of carbonyl (C=O) groups is 1. The van der Waals surface area contributed by atoms with Gasteiger partial charge >= 0.3 is 6.18 Å². The van der Waals surface area contributed by atoms with E-state index >= 15 is 0 Å². The minimum absolute atomic E-state index is 0.0755. The van der Waals surface area contributed by atoms with Crippen LogP contribution in [0.25, 0.3) is 5.69 Å². The maximum atomic E-state index is 12.8. The molecule has 0 aliphatic carbocycles. The first kappa shape index (κ1) is 20.7. The van der Waals surface area contributed by atoms with Gasteiger partial charge in [-0.2, -0.15) is 13.2 Å². The largest absolute Gasteiger partial charge is 0.497 e. The number of rotatable bonds is 6. The van der Waals surface area contributed by atoms with Crippen LogP contribution < -0.4 is 10.1 Å². The van der Waals surface area contributed by atoms with Crippen molar-refractivity contribution < 1.29 is 22.7 Å². The fourth-order valence-corrected chi connectivity index (χ4v) is 3.31. The van der Waals surface area contributed by atoms with Crippen LogP contribution in [0, 0.1) is 0 Å². The molecule has 6 nitrogen and oxygen atoms in total. The van der Waals surface area contributed by atoms with E-state index in [4.69, 9.17) is 4.74 Å². The van der Waals surface area contributed by atoms with Crippen LogP contribution in [0.1, 0.15) is 12.5 Å². The van der Waals surface area contributed by atoms with Crippen molar-refractivity contribution in [2.75, 3.05) is 12.4 Å². The zero-order valence-corrected chi connectivity index (χ0v) is 16.3. The third-order valence-corrected chi connectivity index (χ3v) is 5.01. The third kappa shape index (κ3) is 5.08. The molecule has 1 amide bonds. The summed E-state index contributed by atoms with van der Waals surface area (Å²) in [4.78, 5) is 12.5. The smallest absolute Gasteiger partial charge is 0.416 e. The molecule has 1 atom stereocenters. The minimum Gasteiger partial charge on any atom is -0.497 e. The topological polar surface area (TPSA) is 69.0 Å². The first-order valence-corrected chi connectivity index (χ1v) is 9.35. The molecule has 0 radical (unpaired) electrons. The molecule has 0 saturated carbocycles. The summed E-state index contributed by atoms with van der Waals surface area (Å²) in [6, 6.07) is 11.7. The number of amides is 1. The summed E-state index contributed by atoms with van der Waals surface area (Å²) in [6.45, 7) is 1.64. The van der Waals surface area contributed by atoms with Gasteiger partial charge in [-0.1, -0.05) is 23.9 Å². The molecule has 0 aliphatic rings. The minimum atomic E-state index is -4.48. The van der Waals surface area contributed by atoms with Gasteiger partial charge in [0, 0.05) is 11.8 Å². The van der Waals surface area contributed by atoms with Gasteiger partial charge in [0.25, 0.3) is 0 Å². The molecule has 1 heterocycles. The fraction of sp³-hybridized carbons (Fsp3) is 0.211. The maximum absolute atomic E-state index is 12.8. The first-order valence-electron chi connectivity index (χ1n) is 8.47. The summed E-state index contributed by atoms with van der Waals surface area (Å²) in [5.41, 5.74) is 0.00208. The second-order valence-electron chi connectivity index (χ2n) is 6.01. The van der Waals surface area contributed by atoms with Crippen molar-refractivity contribution in [3.63, 3.8) is 0 Å². The summed E-state index contributed by atoms with van der Waals surface area (Å²) in [6.07, 6.45) is -2.97. The Bertz CT molecular complexity index is 1010. The standard InChI is InChI=1S/C19H17F3N4O2S/c1-12(17(27)24-14-6-3-5-13(9-14)19(20,21)22)29-18-25-23-11-26(18)15-7-4-8-16(10-15)28-2/h3-12H,1-2H3,(H,24,27). The van der Waals surface area contributed by atoms with Crippen LogP contribution >= 0.6 is 11.8 Å². The van der Waals surface area contributed by atoms with Crippen LogP contribution in [0.15, 0.2) is 60.0 Å². The number of aromatic nitrogens is 3. The number of carbonyl (C=O) groups excluding carboxylic acids is 1. The summed E-state index contributed by atoms with van der Waals surface area (Å²) in [7, 11) is 1.56. The SMILES string of the molecule is COc1cccc(-n2cnnc2SC(C)C(=O)Nc2cccc(C(F)(F)F)c2)c1. The van der Waals surface area contributed by atoms with Crippen molar-refractivity contribution in [2.45, 2.75) is 23.5 Å². The average molecular weight is 422 g/mol. The van der Waals surface area contributed by atoms with Crippen LogP contribution in [0.2, 0.25) is 0 Å². The lowest BCUT2D eigenvalue weighted by molar-refractivity contribution is -0.137. The van der Waals surface area contributed by atoms with Crippen molar-refractivity contribution in [2.24, 2.45) is 0 Å². The van der Waals surface area contributed by atoms with Crippen molar-refractivity contribution >= 4 is 23.4 Å². The maximum Gasteiger partial charge on any atom is 0.416 e. The summed E-state index contributed by atoms with van der Waals surface area (Å²) in [5.74, 6) is 0.206. The van der Waals surface area contributed by atoms with E-state index in [0.29, 0.717) is 10.9 Å². The second kappa shape index (κ2) is 8.56. The number of methoxy groups -OCH3 is 1. The number of nitrogens with zero attached hydrogens (tertiary/aromatic N) is 3. The van der Waals surface area contributed by atoms with Crippen LogP contribution in [-0.2, 0) is 11.0 Å². The van der Waals surface area contributed by atoms with Gasteiger partial charge < -0.3 is 10.1 Å². The zero-order valence-electron chi connectivity index (χ0n) is 15.5. The molecule has 10 heteroatoms. The molecule has 1 N–H and O–H groups in total. The van der Waals surface area contributed by atoms with E-state index < -0.39 is 22.9 Å². The van der Waals surface area contributed by atoms with Crippen LogP contribution in [-0.4, -0.2) is 33.0 Å². The zero-order chi connectivity index (χ0) is 21.0. The van der Waals surface area contributed by atoms with Gasteiger partial charge in [-0.25, -0.2) is 0 Å². The lowest BCUT2D eigenvalue weighted by Gasteiger charge is -2.14. The monoisotopic (exact) mass is 422 g/mol. The molecule has 1 unspecified atom stereocenters. The molecule has 1 aromatic heterocycles. The Labute approximate surface area is 169 Å². The van der Waals surface area contributed by atoms with Gasteiger partial charge in [-0.15, -0.1) is 10.2 Å². The Hall–Kier alpha value is -3.01. The van der Waals surface area contributed by atoms with E-state index in [9.17, 15) is 18.0 Å². The van der Waals surface area contributed by atoms with Crippen molar-refractivity contribution in [1.29, 1.82) is 0 Å². The molecule has 152 valence electrons. The van der Waals surface area contributed by atoms with E-state index in [1.54, 1.807) is 30.7 Å².